The van der Waals surface area contributed by atoms with E-state index in [9.17, 15) is 9.59 Å². The summed E-state index contributed by atoms with van der Waals surface area (Å²) in [5, 5.41) is 0. The van der Waals surface area contributed by atoms with Crippen molar-refractivity contribution in [1.82, 2.24) is 0 Å². The van der Waals surface area contributed by atoms with E-state index in [4.69, 9.17) is 18.9 Å². The SMILES string of the molecule is CCOC(=O)C(CC1=C(C)C(C)(C)c2c(OC)cc(OC)cc21)C(=O)OCC. The van der Waals surface area contributed by atoms with Crippen molar-refractivity contribution >= 4 is 17.5 Å². The van der Waals surface area contributed by atoms with Crippen LogP contribution in [0.1, 0.15) is 52.2 Å². The Labute approximate surface area is 166 Å². The van der Waals surface area contributed by atoms with Gasteiger partial charge >= 0.3 is 11.9 Å². The number of ether oxygens (including phenoxy) is 4. The monoisotopic (exact) mass is 390 g/mol. The quantitative estimate of drug-likeness (QED) is 0.495. The second kappa shape index (κ2) is 8.67. The summed E-state index contributed by atoms with van der Waals surface area (Å²) in [6.45, 7) is 10.1. The molecular formula is C22H30O6. The van der Waals surface area contributed by atoms with Crippen molar-refractivity contribution in [3.05, 3.63) is 28.8 Å². The van der Waals surface area contributed by atoms with Gasteiger partial charge in [-0.25, -0.2) is 0 Å². The molecule has 0 saturated carbocycles. The third kappa shape index (κ3) is 3.86. The van der Waals surface area contributed by atoms with Crippen LogP contribution in [0.25, 0.3) is 5.57 Å². The van der Waals surface area contributed by atoms with Gasteiger partial charge < -0.3 is 18.9 Å². The van der Waals surface area contributed by atoms with Crippen molar-refractivity contribution in [2.45, 2.75) is 46.5 Å². The van der Waals surface area contributed by atoms with Gasteiger partial charge in [-0.3, -0.25) is 9.59 Å². The summed E-state index contributed by atoms with van der Waals surface area (Å²) in [6.07, 6.45) is 0.205. The molecule has 0 amide bonds. The van der Waals surface area contributed by atoms with Crippen molar-refractivity contribution in [3.8, 4) is 11.5 Å². The maximum atomic E-state index is 12.5. The summed E-state index contributed by atoms with van der Waals surface area (Å²) in [6, 6.07) is 3.78. The Morgan fingerprint density at radius 2 is 1.57 bits per heavy atom. The van der Waals surface area contributed by atoms with E-state index in [1.165, 1.54) is 0 Å². The molecule has 0 saturated heterocycles. The first-order chi connectivity index (χ1) is 13.2. The summed E-state index contributed by atoms with van der Waals surface area (Å²) in [4.78, 5) is 25.0. The number of fused-ring (bicyclic) bond motifs is 1. The fourth-order valence-electron chi connectivity index (χ4n) is 3.73. The first kappa shape index (κ1) is 21.8. The molecule has 0 N–H and O–H groups in total. The van der Waals surface area contributed by atoms with Gasteiger partial charge in [0.05, 0.1) is 27.4 Å². The lowest BCUT2D eigenvalue weighted by Crippen LogP contribution is -2.28. The molecule has 6 heteroatoms. The molecule has 0 heterocycles. The van der Waals surface area contributed by atoms with Gasteiger partial charge in [0.2, 0.25) is 0 Å². The van der Waals surface area contributed by atoms with Crippen molar-refractivity contribution in [2.75, 3.05) is 27.4 Å². The minimum atomic E-state index is -1.01. The first-order valence-electron chi connectivity index (χ1n) is 9.53. The van der Waals surface area contributed by atoms with Crippen LogP contribution in [0.5, 0.6) is 11.5 Å². The lowest BCUT2D eigenvalue weighted by Gasteiger charge is -2.24. The fraction of sp³-hybridized carbons (Fsp3) is 0.545. The number of methoxy groups -OCH3 is 2. The van der Waals surface area contributed by atoms with E-state index >= 15 is 0 Å². The van der Waals surface area contributed by atoms with E-state index < -0.39 is 17.9 Å². The topological polar surface area (TPSA) is 71.1 Å². The van der Waals surface area contributed by atoms with Gasteiger partial charge in [-0.05, 0) is 44.4 Å². The highest BCUT2D eigenvalue weighted by molar-refractivity contribution is 5.98. The molecule has 0 atom stereocenters. The predicted octanol–water partition coefficient (Wildman–Crippen LogP) is 3.90. The Morgan fingerprint density at radius 3 is 2.04 bits per heavy atom. The maximum Gasteiger partial charge on any atom is 0.320 e. The smallest absolute Gasteiger partial charge is 0.320 e. The van der Waals surface area contributed by atoms with Crippen LogP contribution in [0.3, 0.4) is 0 Å². The summed E-state index contributed by atoms with van der Waals surface area (Å²) < 4.78 is 21.3. The van der Waals surface area contributed by atoms with Crippen LogP contribution in [0.2, 0.25) is 0 Å². The molecule has 1 aromatic rings. The molecule has 1 aliphatic rings. The molecule has 1 aliphatic carbocycles. The highest BCUT2D eigenvalue weighted by Crippen LogP contribution is 2.52. The number of rotatable bonds is 8. The standard InChI is InChI=1S/C22H30O6/c1-8-27-20(23)17(21(24)28-9-2)12-15-13(3)22(4,5)19-16(15)10-14(25-6)11-18(19)26-7/h10-11,17H,8-9,12H2,1-7H3. The molecule has 154 valence electrons. The Kier molecular flexibility index (Phi) is 6.75. The van der Waals surface area contributed by atoms with Crippen LogP contribution >= 0.6 is 0 Å². The molecule has 6 nitrogen and oxygen atoms in total. The molecule has 2 rings (SSSR count). The average Bonchev–Trinajstić information content (AvgIpc) is 2.85. The highest BCUT2D eigenvalue weighted by Gasteiger charge is 2.41. The number of benzene rings is 1. The Balaban J connectivity index is 2.57. The minimum absolute atomic E-state index is 0.205. The number of allylic oxidation sites excluding steroid dienone is 2. The van der Waals surface area contributed by atoms with E-state index in [1.807, 2.05) is 19.1 Å². The van der Waals surface area contributed by atoms with E-state index in [1.54, 1.807) is 28.1 Å². The molecule has 0 unspecified atom stereocenters. The molecule has 0 aromatic heterocycles. The molecule has 0 spiro atoms. The van der Waals surface area contributed by atoms with Crippen molar-refractivity contribution in [1.29, 1.82) is 0 Å². The predicted molar refractivity (Wildman–Crippen MR) is 107 cm³/mol. The minimum Gasteiger partial charge on any atom is -0.497 e. The summed E-state index contributed by atoms with van der Waals surface area (Å²) in [5.41, 5.74) is 3.64. The Morgan fingerprint density at radius 1 is 1.00 bits per heavy atom. The summed E-state index contributed by atoms with van der Waals surface area (Å²) in [5.74, 6) is -0.770. The number of esters is 2. The Hall–Kier alpha value is -2.50. The van der Waals surface area contributed by atoms with Gasteiger partial charge in [0.15, 0.2) is 5.92 Å². The van der Waals surface area contributed by atoms with Crippen LogP contribution in [0.15, 0.2) is 17.7 Å². The van der Waals surface area contributed by atoms with Crippen LogP contribution in [0.4, 0.5) is 0 Å². The van der Waals surface area contributed by atoms with Crippen LogP contribution < -0.4 is 9.47 Å². The van der Waals surface area contributed by atoms with Gasteiger partial charge in [-0.15, -0.1) is 0 Å². The van der Waals surface area contributed by atoms with Gasteiger partial charge in [0, 0.05) is 17.0 Å². The zero-order valence-electron chi connectivity index (χ0n) is 17.8. The molecule has 0 fully saturated rings. The van der Waals surface area contributed by atoms with Crippen LogP contribution in [0, 0.1) is 5.92 Å². The van der Waals surface area contributed by atoms with Gasteiger partial charge in [-0.2, -0.15) is 0 Å². The van der Waals surface area contributed by atoms with Crippen LogP contribution in [-0.2, 0) is 24.5 Å². The first-order valence-corrected chi connectivity index (χ1v) is 9.53. The second-order valence-corrected chi connectivity index (χ2v) is 7.24. The van der Waals surface area contributed by atoms with E-state index in [-0.39, 0.29) is 25.0 Å². The normalized spacial score (nSPS) is 14.7. The van der Waals surface area contributed by atoms with E-state index in [0.29, 0.717) is 5.75 Å². The lowest BCUT2D eigenvalue weighted by atomic mass is 9.81. The average molecular weight is 390 g/mol. The van der Waals surface area contributed by atoms with Gasteiger partial charge in [0.1, 0.15) is 11.5 Å². The number of hydrogen-bond donors (Lipinski definition) is 0. The number of carbonyl (C=O) groups excluding carboxylic acids is 2. The third-order valence-electron chi connectivity index (χ3n) is 5.42. The Bertz CT molecular complexity index is 772. The van der Waals surface area contributed by atoms with E-state index in [2.05, 4.69) is 13.8 Å². The molecule has 0 aliphatic heterocycles. The van der Waals surface area contributed by atoms with Crippen LogP contribution in [-0.4, -0.2) is 39.4 Å². The molecule has 1 aromatic carbocycles. The number of hydrogen-bond acceptors (Lipinski definition) is 6. The highest BCUT2D eigenvalue weighted by atomic mass is 16.6. The van der Waals surface area contributed by atoms with E-state index in [0.717, 1.165) is 28.0 Å². The molecular weight excluding hydrogens is 360 g/mol. The van der Waals surface area contributed by atoms with Gasteiger partial charge in [0.25, 0.3) is 0 Å². The van der Waals surface area contributed by atoms with Crippen molar-refractivity contribution < 1.29 is 28.5 Å². The fourth-order valence-corrected chi connectivity index (χ4v) is 3.73. The molecule has 0 radical (unpaired) electrons. The second-order valence-electron chi connectivity index (χ2n) is 7.24. The summed E-state index contributed by atoms with van der Waals surface area (Å²) >= 11 is 0. The molecule has 0 bridgehead atoms. The largest absolute Gasteiger partial charge is 0.497 e. The zero-order valence-corrected chi connectivity index (χ0v) is 17.8. The van der Waals surface area contributed by atoms with Crippen molar-refractivity contribution in [2.24, 2.45) is 5.92 Å². The third-order valence-corrected chi connectivity index (χ3v) is 5.42. The maximum absolute atomic E-state index is 12.5. The lowest BCUT2D eigenvalue weighted by molar-refractivity contribution is -0.161. The summed E-state index contributed by atoms with van der Waals surface area (Å²) in [7, 11) is 3.22. The molecule has 28 heavy (non-hydrogen) atoms. The van der Waals surface area contributed by atoms with Gasteiger partial charge in [-0.1, -0.05) is 19.4 Å². The van der Waals surface area contributed by atoms with Crippen molar-refractivity contribution in [3.63, 3.8) is 0 Å². The number of carbonyl (C=O) groups is 2. The zero-order chi connectivity index (χ0) is 21.1.